The van der Waals surface area contributed by atoms with Crippen molar-refractivity contribution in [3.63, 3.8) is 0 Å². The highest BCUT2D eigenvalue weighted by molar-refractivity contribution is 9.10. The van der Waals surface area contributed by atoms with E-state index in [-0.39, 0.29) is 5.82 Å². The maximum absolute atomic E-state index is 12.4. The van der Waals surface area contributed by atoms with Crippen LogP contribution in [-0.2, 0) is 10.8 Å². The molecule has 0 aliphatic carbocycles. The molecule has 0 aliphatic rings. The Hall–Kier alpha value is -1.80. The number of ketones is 1. The summed E-state index contributed by atoms with van der Waals surface area (Å²) in [6.45, 7) is 1.55. The van der Waals surface area contributed by atoms with E-state index in [1.165, 1.54) is 11.7 Å². The molecule has 0 amide bonds. The third-order valence-corrected chi connectivity index (χ3v) is 3.81. The number of allylic oxidation sites excluding steroid dienone is 1. The van der Waals surface area contributed by atoms with Crippen LogP contribution >= 0.6 is 15.9 Å². The van der Waals surface area contributed by atoms with Crippen LogP contribution in [0.25, 0.3) is 5.70 Å². The van der Waals surface area contributed by atoms with Gasteiger partial charge in [0.2, 0.25) is 11.6 Å². The second-order valence-corrected chi connectivity index (χ2v) is 6.35. The first-order valence-electron chi connectivity index (χ1n) is 5.80. The van der Waals surface area contributed by atoms with E-state index in [0.29, 0.717) is 11.3 Å². The van der Waals surface area contributed by atoms with Gasteiger partial charge in [0, 0.05) is 38.2 Å². The Kier molecular flexibility index (Phi) is 4.69. The molecule has 21 heavy (non-hydrogen) atoms. The maximum Gasteiger partial charge on any atom is 0.446 e. The Balaban J connectivity index is 2.51. The van der Waals surface area contributed by atoms with Gasteiger partial charge in [0.25, 0.3) is 0 Å². The molecule has 0 bridgehead atoms. The minimum absolute atomic E-state index is 0.151. The number of aromatic nitrogens is 2. The molecule has 1 unspecified atom stereocenters. The van der Waals surface area contributed by atoms with Crippen molar-refractivity contribution in [3.8, 4) is 0 Å². The zero-order chi connectivity index (χ0) is 15.6. The molecule has 0 N–H and O–H groups in total. The van der Waals surface area contributed by atoms with Crippen LogP contribution in [0.4, 0.5) is 0 Å². The van der Waals surface area contributed by atoms with Gasteiger partial charge in [-0.2, -0.15) is 0 Å². The van der Waals surface area contributed by atoms with Gasteiger partial charge < -0.3 is 0 Å². The van der Waals surface area contributed by atoms with E-state index in [2.05, 4.69) is 25.6 Å². The number of nitrogens with zero attached hydrogens (tertiary/aromatic N) is 2. The topological polar surface area (TPSA) is 82.2 Å². The largest absolute Gasteiger partial charge is 0.446 e. The summed E-state index contributed by atoms with van der Waals surface area (Å²) in [4.78, 5) is 24.1. The summed E-state index contributed by atoms with van der Waals surface area (Å²) in [5.74, 6) is -1.40. The van der Waals surface area contributed by atoms with Crippen LogP contribution in [-0.4, -0.2) is 26.0 Å². The summed E-state index contributed by atoms with van der Waals surface area (Å²) in [6.07, 6.45) is 1.46. The Labute approximate surface area is 131 Å². The van der Waals surface area contributed by atoms with Crippen molar-refractivity contribution in [1.82, 2.24) is 9.72 Å². The average molecular weight is 371 g/mol. The summed E-state index contributed by atoms with van der Waals surface area (Å²) < 4.78 is 17.6. The molecule has 0 aliphatic heterocycles. The summed E-state index contributed by atoms with van der Waals surface area (Å²) in [5.41, 5.74) is 0.688. The number of rotatable bonds is 4. The van der Waals surface area contributed by atoms with E-state index in [9.17, 15) is 13.8 Å². The summed E-state index contributed by atoms with van der Waals surface area (Å²) in [5, 5.41) is 4.86. The van der Waals surface area contributed by atoms with Gasteiger partial charge in [-0.1, -0.05) is 21.1 Å². The molecule has 0 radical (unpaired) electrons. The second kappa shape index (κ2) is 6.31. The fourth-order valence-electron chi connectivity index (χ4n) is 1.73. The van der Waals surface area contributed by atoms with Gasteiger partial charge in [0.15, 0.2) is 0 Å². The van der Waals surface area contributed by atoms with Gasteiger partial charge in [0.1, 0.15) is 0 Å². The quantitative estimate of drug-likeness (QED) is 0.768. The lowest BCUT2D eigenvalue weighted by Gasteiger charge is -2.03. The van der Waals surface area contributed by atoms with Crippen LogP contribution in [0.5, 0.6) is 0 Å². The first-order valence-corrected chi connectivity index (χ1v) is 8.21. The Morgan fingerprint density at radius 3 is 2.57 bits per heavy atom. The predicted octanol–water partition coefficient (Wildman–Crippen LogP) is 2.03. The van der Waals surface area contributed by atoms with Crippen LogP contribution in [0.1, 0.15) is 23.1 Å². The van der Waals surface area contributed by atoms with Crippen molar-refractivity contribution in [2.45, 2.75) is 6.92 Å². The summed E-state index contributed by atoms with van der Waals surface area (Å²) in [6, 6.07) is 6.62. The molecule has 0 fully saturated rings. The average Bonchev–Trinajstić information content (AvgIpc) is 2.80. The third-order valence-electron chi connectivity index (χ3n) is 2.60. The minimum Gasteiger partial charge on any atom is -0.295 e. The number of halogens is 1. The number of hydrogen-bond acceptors (Lipinski definition) is 5. The molecule has 0 saturated carbocycles. The molecule has 1 aromatic heterocycles. The first kappa shape index (κ1) is 15.6. The SMILES string of the molecule is C/C(=C\S(C)=O)n1c(C(=O)c2ccc(Br)cc2)noc1=O. The van der Waals surface area contributed by atoms with Crippen LogP contribution in [0.3, 0.4) is 0 Å². The van der Waals surface area contributed by atoms with Crippen molar-refractivity contribution in [2.24, 2.45) is 0 Å². The van der Waals surface area contributed by atoms with E-state index in [4.69, 9.17) is 0 Å². The number of hydrogen-bond donors (Lipinski definition) is 0. The smallest absolute Gasteiger partial charge is 0.295 e. The lowest BCUT2D eigenvalue weighted by Crippen LogP contribution is -2.19. The molecular formula is C13H11BrN2O4S. The standard InChI is InChI=1S/C13H11BrN2O4S/c1-8(7-21(2)19)16-12(15-20-13(16)18)11(17)9-3-5-10(14)6-4-9/h3-7H,1-2H3/b8-7+. The fourth-order valence-corrected chi connectivity index (χ4v) is 2.58. The number of benzene rings is 1. The molecular weight excluding hydrogens is 360 g/mol. The second-order valence-electron chi connectivity index (χ2n) is 4.20. The van der Waals surface area contributed by atoms with Crippen molar-refractivity contribution in [1.29, 1.82) is 0 Å². The highest BCUT2D eigenvalue weighted by Gasteiger charge is 2.21. The molecule has 1 aromatic carbocycles. The molecule has 1 heterocycles. The van der Waals surface area contributed by atoms with Gasteiger partial charge in [-0.25, -0.2) is 9.36 Å². The molecule has 6 nitrogen and oxygen atoms in total. The van der Waals surface area contributed by atoms with E-state index < -0.39 is 22.3 Å². The van der Waals surface area contributed by atoms with Crippen LogP contribution in [0, 0.1) is 0 Å². The van der Waals surface area contributed by atoms with Gasteiger partial charge in [-0.15, -0.1) is 0 Å². The fraction of sp³-hybridized carbons (Fsp3) is 0.154. The van der Waals surface area contributed by atoms with Crippen LogP contribution in [0.15, 0.2) is 43.5 Å². The molecule has 0 saturated heterocycles. The number of carbonyl (C=O) groups is 1. The van der Waals surface area contributed by atoms with Crippen LogP contribution in [0.2, 0.25) is 0 Å². The van der Waals surface area contributed by atoms with Crippen molar-refractivity contribution in [3.05, 3.63) is 56.1 Å². The Morgan fingerprint density at radius 1 is 1.38 bits per heavy atom. The molecule has 1 atom stereocenters. The maximum atomic E-state index is 12.4. The summed E-state index contributed by atoms with van der Waals surface area (Å²) >= 11 is 3.28. The Bertz CT molecular complexity index is 789. The highest BCUT2D eigenvalue weighted by Crippen LogP contribution is 2.14. The van der Waals surface area contributed by atoms with E-state index in [1.807, 2.05) is 0 Å². The molecule has 110 valence electrons. The zero-order valence-electron chi connectivity index (χ0n) is 11.2. The van der Waals surface area contributed by atoms with E-state index in [0.717, 1.165) is 9.04 Å². The number of carbonyl (C=O) groups excluding carboxylic acids is 1. The molecule has 2 rings (SSSR count). The Morgan fingerprint density at radius 2 is 2.00 bits per heavy atom. The highest BCUT2D eigenvalue weighted by atomic mass is 79.9. The molecule has 2 aromatic rings. The lowest BCUT2D eigenvalue weighted by molar-refractivity contribution is 0.102. The third kappa shape index (κ3) is 3.45. The van der Waals surface area contributed by atoms with Crippen molar-refractivity contribution in [2.75, 3.05) is 6.26 Å². The normalized spacial score (nSPS) is 13.2. The van der Waals surface area contributed by atoms with E-state index >= 15 is 0 Å². The van der Waals surface area contributed by atoms with Crippen molar-refractivity contribution < 1.29 is 13.5 Å². The molecule has 8 heteroatoms. The first-order chi connectivity index (χ1) is 9.90. The van der Waals surface area contributed by atoms with Gasteiger partial charge in [0.05, 0.1) is 0 Å². The van der Waals surface area contributed by atoms with Gasteiger partial charge >= 0.3 is 5.76 Å². The molecule has 0 spiro atoms. The van der Waals surface area contributed by atoms with Crippen molar-refractivity contribution >= 4 is 38.2 Å². The lowest BCUT2D eigenvalue weighted by atomic mass is 10.1. The summed E-state index contributed by atoms with van der Waals surface area (Å²) in [7, 11) is -1.27. The van der Waals surface area contributed by atoms with Crippen LogP contribution < -0.4 is 5.76 Å². The predicted molar refractivity (Wildman–Crippen MR) is 82.4 cm³/mol. The monoisotopic (exact) mass is 370 g/mol. The zero-order valence-corrected chi connectivity index (χ0v) is 13.6. The van der Waals surface area contributed by atoms with Gasteiger partial charge in [-0.05, 0) is 31.2 Å². The van der Waals surface area contributed by atoms with E-state index in [1.54, 1.807) is 31.2 Å². The van der Waals surface area contributed by atoms with Gasteiger partial charge in [-0.3, -0.25) is 13.5 Å². The minimum atomic E-state index is -1.27.